The number of phosphoric ester groups is 3. The molecule has 362 valence electrons. The summed E-state index contributed by atoms with van der Waals surface area (Å²) in [6, 6.07) is -0.780. The monoisotopic (exact) mass is 994 g/mol. The number of unbranched alkanes of at least 4 members (excludes halogenated alkanes) is 1. The van der Waals surface area contributed by atoms with Gasteiger partial charge in [0.1, 0.15) is 42.3 Å². The number of nitrogens with one attached hydrogen (secondary N) is 4. The molecule has 5 amide bonds. The van der Waals surface area contributed by atoms with Crippen LogP contribution in [-0.2, 0) is 60.3 Å². The van der Waals surface area contributed by atoms with Crippen molar-refractivity contribution in [3.05, 3.63) is 12.7 Å². The lowest BCUT2D eigenvalue weighted by atomic mass is 9.87. The van der Waals surface area contributed by atoms with Gasteiger partial charge in [0.2, 0.25) is 29.5 Å². The molecule has 0 saturated carbocycles. The molecule has 33 heteroatoms. The van der Waals surface area contributed by atoms with Gasteiger partial charge in [0.25, 0.3) is 0 Å². The van der Waals surface area contributed by atoms with Crippen LogP contribution >= 0.6 is 35.2 Å². The molecule has 1 fully saturated rings. The van der Waals surface area contributed by atoms with Crippen molar-refractivity contribution in [2.45, 2.75) is 83.1 Å². The minimum atomic E-state index is -5.59. The highest BCUT2D eigenvalue weighted by atomic mass is 32.2. The summed E-state index contributed by atoms with van der Waals surface area (Å²) in [7, 11) is -16.5. The van der Waals surface area contributed by atoms with Gasteiger partial charge in [-0.2, -0.15) is 16.1 Å². The molecule has 1 aliphatic rings. The fraction of sp³-hybridized carbons (Fsp3) is 0.677. The summed E-state index contributed by atoms with van der Waals surface area (Å²) in [6.45, 7) is 2.01. The second-order valence-corrected chi connectivity index (χ2v) is 20.0. The van der Waals surface area contributed by atoms with Crippen LogP contribution in [0.2, 0.25) is 0 Å². The normalized spacial score (nSPS) is 20.7. The molecule has 2 aromatic heterocycles. The predicted molar refractivity (Wildman–Crippen MR) is 221 cm³/mol. The molecule has 8 unspecified atom stereocenters. The van der Waals surface area contributed by atoms with Crippen LogP contribution < -0.4 is 32.7 Å². The Hall–Kier alpha value is -3.70. The van der Waals surface area contributed by atoms with Crippen LogP contribution in [0.1, 0.15) is 52.7 Å². The summed E-state index contributed by atoms with van der Waals surface area (Å²) in [5, 5.41) is 31.6. The summed E-state index contributed by atoms with van der Waals surface area (Å²) in [5.74, 6) is -2.27. The summed E-state index contributed by atoms with van der Waals surface area (Å²) in [4.78, 5) is 110. The minimum Gasteiger partial charge on any atom is -0.386 e. The van der Waals surface area contributed by atoms with E-state index in [0.717, 1.165) is 17.2 Å². The predicted octanol–water partition coefficient (Wildman–Crippen LogP) is -2.59. The summed E-state index contributed by atoms with van der Waals surface area (Å²) in [6.07, 6.45) is -5.62. The largest absolute Gasteiger partial charge is 0.481 e. The maximum absolute atomic E-state index is 12.7. The number of nitrogen functional groups attached to an aromatic ring is 1. The molecule has 14 N–H and O–H groups in total. The first-order chi connectivity index (χ1) is 29.7. The van der Waals surface area contributed by atoms with Gasteiger partial charge in [-0.1, -0.05) is 13.8 Å². The highest BCUT2D eigenvalue weighted by molar-refractivity contribution is 7.99. The van der Waals surface area contributed by atoms with Crippen LogP contribution in [0.4, 0.5) is 5.82 Å². The number of rotatable bonds is 28. The molecule has 2 aromatic rings. The van der Waals surface area contributed by atoms with E-state index in [2.05, 4.69) is 45.1 Å². The molecule has 3 heterocycles. The Kier molecular flexibility index (Phi) is 20.6. The average molecular weight is 995 g/mol. The molecule has 64 heavy (non-hydrogen) atoms. The van der Waals surface area contributed by atoms with E-state index < -0.39 is 96.5 Å². The SMILES string of the molecule is CC(=O)NC(CCCCNC(=O)CSCCNC(=O)CCNC(=O)C(O)C(C)(C)COP(=O)(O)OP(=O)(O)OCC1OC(n2cnc3c(N)ncnc32)C(O)C1OP(=O)(O)O)C(N)=O. The number of hydrogen-bond acceptors (Lipinski definition) is 20. The van der Waals surface area contributed by atoms with Gasteiger partial charge in [-0.05, 0) is 19.3 Å². The molecule has 3 rings (SSSR count). The maximum Gasteiger partial charge on any atom is 0.481 e. The van der Waals surface area contributed by atoms with Crippen molar-refractivity contribution in [1.82, 2.24) is 40.8 Å². The summed E-state index contributed by atoms with van der Waals surface area (Å²) in [5.41, 5.74) is 9.47. The van der Waals surface area contributed by atoms with Crippen molar-refractivity contribution in [2.75, 3.05) is 50.1 Å². The second kappa shape index (κ2) is 24.2. The van der Waals surface area contributed by atoms with E-state index >= 15 is 0 Å². The van der Waals surface area contributed by atoms with E-state index in [9.17, 15) is 67.5 Å². The first kappa shape index (κ1) is 54.6. The number of thioether (sulfide) groups is 1. The van der Waals surface area contributed by atoms with E-state index in [0.29, 0.717) is 31.6 Å². The maximum atomic E-state index is 12.7. The van der Waals surface area contributed by atoms with Gasteiger partial charge in [0.15, 0.2) is 17.7 Å². The molecule has 0 spiro atoms. The molecule has 1 saturated heterocycles. The lowest BCUT2D eigenvalue weighted by Crippen LogP contribution is -2.46. The van der Waals surface area contributed by atoms with E-state index in [4.69, 9.17) is 25.3 Å². The third-order valence-corrected chi connectivity index (χ3v) is 12.9. The van der Waals surface area contributed by atoms with Gasteiger partial charge in [0.05, 0.1) is 25.3 Å². The van der Waals surface area contributed by atoms with E-state index in [1.807, 2.05) is 0 Å². The molecule has 29 nitrogen and oxygen atoms in total. The Balaban J connectivity index is 1.37. The number of hydrogen-bond donors (Lipinski definition) is 12. The molecular formula is C31H53N10O19P3S. The zero-order valence-corrected chi connectivity index (χ0v) is 38.1. The number of aliphatic hydroxyl groups excluding tert-OH is 2. The summed E-state index contributed by atoms with van der Waals surface area (Å²) >= 11 is 1.25. The number of imidazole rings is 1. The molecular weight excluding hydrogens is 941 g/mol. The lowest BCUT2D eigenvalue weighted by Gasteiger charge is -2.30. The first-order valence-corrected chi connectivity index (χ1v) is 24.7. The smallest absolute Gasteiger partial charge is 0.386 e. The van der Waals surface area contributed by atoms with Crippen LogP contribution in [0, 0.1) is 5.41 Å². The van der Waals surface area contributed by atoms with Crippen molar-refractivity contribution in [2.24, 2.45) is 11.1 Å². The van der Waals surface area contributed by atoms with Gasteiger partial charge in [-0.3, -0.25) is 42.1 Å². The number of carbonyl (C=O) groups is 5. The molecule has 0 bridgehead atoms. The van der Waals surface area contributed by atoms with Crippen LogP contribution in [0.15, 0.2) is 12.7 Å². The number of primary amides is 1. The van der Waals surface area contributed by atoms with Crippen LogP contribution in [0.5, 0.6) is 0 Å². The Morgan fingerprint density at radius 2 is 1.64 bits per heavy atom. The van der Waals surface area contributed by atoms with Crippen molar-refractivity contribution < 1.29 is 90.1 Å². The van der Waals surface area contributed by atoms with Crippen LogP contribution in [-0.4, -0.2) is 154 Å². The van der Waals surface area contributed by atoms with Gasteiger partial charge in [0, 0.05) is 44.1 Å². The number of nitrogens with zero attached hydrogens (tertiary/aromatic N) is 4. The van der Waals surface area contributed by atoms with Crippen molar-refractivity contribution in [3.63, 3.8) is 0 Å². The number of carbonyl (C=O) groups excluding carboxylic acids is 5. The van der Waals surface area contributed by atoms with E-state index in [-0.39, 0.29) is 54.1 Å². The molecule has 8 atom stereocenters. The fourth-order valence-electron chi connectivity index (χ4n) is 5.65. The third kappa shape index (κ3) is 17.9. The van der Waals surface area contributed by atoms with Crippen molar-refractivity contribution >= 4 is 81.7 Å². The topological polar surface area (TPSA) is 448 Å². The number of nitrogens with two attached hydrogens (primary N) is 2. The van der Waals surface area contributed by atoms with Crippen LogP contribution in [0.3, 0.4) is 0 Å². The Labute approximate surface area is 368 Å². The number of aliphatic hydroxyl groups is 2. The standard InChI is InChI=1S/C31H53N10O19P3S/c1-17(42)40-18(27(33)47)6-4-5-8-34-21(44)13-64-11-10-35-20(43)7-9-36-29(48)25(46)31(2,3)14-57-63(54,55)60-62(52,53)56-12-19-24(59-61(49,50)51)23(45)30(58-19)41-16-39-22-26(32)37-15-38-28(22)41/h15-16,18-19,23-25,30,45-46H,4-14H2,1-3H3,(H2,33,47)(H,34,44)(H,35,43)(H,36,48)(H,40,42)(H,52,53)(H,54,55)(H2,32,37,38)(H2,49,50,51). The number of phosphoric acid groups is 3. The van der Waals surface area contributed by atoms with Crippen molar-refractivity contribution in [3.8, 4) is 0 Å². The third-order valence-electron chi connectivity index (χ3n) is 8.84. The number of fused-ring (bicyclic) bond motifs is 1. The lowest BCUT2D eigenvalue weighted by molar-refractivity contribution is -0.137. The van der Waals surface area contributed by atoms with Gasteiger partial charge in [-0.25, -0.2) is 28.6 Å². The van der Waals surface area contributed by atoms with E-state index in [1.54, 1.807) is 0 Å². The van der Waals surface area contributed by atoms with Gasteiger partial charge < -0.3 is 67.3 Å². The molecule has 1 aliphatic heterocycles. The Morgan fingerprint density at radius 3 is 2.30 bits per heavy atom. The van der Waals surface area contributed by atoms with Gasteiger partial charge >= 0.3 is 23.5 Å². The summed E-state index contributed by atoms with van der Waals surface area (Å²) < 4.78 is 62.2. The average Bonchev–Trinajstić information content (AvgIpc) is 3.74. The number of aromatic nitrogens is 4. The minimum absolute atomic E-state index is 0.0196. The zero-order valence-electron chi connectivity index (χ0n) is 34.6. The fourth-order valence-corrected chi connectivity index (χ4v) is 9.16. The Morgan fingerprint density at radius 1 is 0.969 bits per heavy atom. The number of amides is 5. The zero-order chi connectivity index (χ0) is 48.0. The molecule has 0 radical (unpaired) electrons. The van der Waals surface area contributed by atoms with Crippen LogP contribution in [0.25, 0.3) is 11.2 Å². The highest BCUT2D eigenvalue weighted by Gasteiger charge is 2.50. The first-order valence-electron chi connectivity index (χ1n) is 19.0. The number of ether oxygens (including phenoxy) is 1. The van der Waals surface area contributed by atoms with E-state index in [1.165, 1.54) is 32.5 Å². The Bertz CT molecular complexity index is 2100. The molecule has 0 aromatic carbocycles. The second-order valence-electron chi connectivity index (χ2n) is 14.6. The highest BCUT2D eigenvalue weighted by Crippen LogP contribution is 2.61. The quantitative estimate of drug-likeness (QED) is 0.0307. The molecule has 0 aliphatic carbocycles. The number of anilines is 1. The van der Waals surface area contributed by atoms with Crippen molar-refractivity contribution in [1.29, 1.82) is 0 Å². The van der Waals surface area contributed by atoms with Gasteiger partial charge in [-0.15, -0.1) is 0 Å².